The summed E-state index contributed by atoms with van der Waals surface area (Å²) in [5.41, 5.74) is 6.88. The molecule has 154 valence electrons. The molecule has 0 unspecified atom stereocenters. The lowest BCUT2D eigenvalue weighted by Gasteiger charge is -2.06. The van der Waals surface area contributed by atoms with Crippen LogP contribution in [0, 0.1) is 6.92 Å². The molecule has 0 atom stereocenters. The van der Waals surface area contributed by atoms with E-state index in [4.69, 9.17) is 16.3 Å². The summed E-state index contributed by atoms with van der Waals surface area (Å²) in [5.74, 6) is 1.80. The van der Waals surface area contributed by atoms with Crippen molar-refractivity contribution in [2.75, 3.05) is 5.75 Å². The molecule has 30 heavy (non-hydrogen) atoms. The maximum absolute atomic E-state index is 11.9. The third kappa shape index (κ3) is 7.58. The standard InChI is InChI=1S/C24H23ClN2O2S/c1-18-5-7-20(8-6-18)16-30-17-24(28)27-26-14-19-9-11-23(12-10-19)29-15-21-3-2-4-22(25)13-21/h2-14H,15-17H2,1H3,(H,27,28)/b26-14-. The van der Waals surface area contributed by atoms with Gasteiger partial charge < -0.3 is 4.74 Å². The first-order chi connectivity index (χ1) is 14.6. The van der Waals surface area contributed by atoms with Crippen LogP contribution in [0.5, 0.6) is 5.75 Å². The van der Waals surface area contributed by atoms with Gasteiger partial charge >= 0.3 is 0 Å². The number of thioether (sulfide) groups is 1. The van der Waals surface area contributed by atoms with Crippen LogP contribution in [0.2, 0.25) is 5.02 Å². The number of nitrogens with one attached hydrogen (secondary N) is 1. The zero-order valence-electron chi connectivity index (χ0n) is 16.7. The summed E-state index contributed by atoms with van der Waals surface area (Å²) in [6.07, 6.45) is 1.61. The zero-order chi connectivity index (χ0) is 21.2. The van der Waals surface area contributed by atoms with Crippen molar-refractivity contribution >= 4 is 35.5 Å². The number of hydrogen-bond donors (Lipinski definition) is 1. The van der Waals surface area contributed by atoms with Crippen LogP contribution < -0.4 is 10.2 Å². The van der Waals surface area contributed by atoms with Crippen molar-refractivity contribution in [2.24, 2.45) is 5.10 Å². The van der Waals surface area contributed by atoms with Gasteiger partial charge in [0.2, 0.25) is 5.91 Å². The minimum Gasteiger partial charge on any atom is -0.489 e. The molecule has 0 aliphatic heterocycles. The molecule has 3 rings (SSSR count). The summed E-state index contributed by atoms with van der Waals surface area (Å²) in [4.78, 5) is 11.9. The first kappa shape index (κ1) is 21.9. The Kier molecular flexibility index (Phi) is 8.36. The summed E-state index contributed by atoms with van der Waals surface area (Å²) in [6.45, 7) is 2.51. The van der Waals surface area contributed by atoms with Gasteiger partial charge in [0.05, 0.1) is 12.0 Å². The minimum atomic E-state index is -0.121. The molecule has 3 aromatic carbocycles. The predicted octanol–water partition coefficient (Wildman–Crippen LogP) is 5.61. The van der Waals surface area contributed by atoms with Gasteiger partial charge in [-0.25, -0.2) is 5.43 Å². The van der Waals surface area contributed by atoms with Gasteiger partial charge in [-0.3, -0.25) is 4.79 Å². The number of carbonyl (C=O) groups is 1. The van der Waals surface area contributed by atoms with Gasteiger partial charge in [0.1, 0.15) is 12.4 Å². The number of hydrogen-bond acceptors (Lipinski definition) is 4. The molecule has 3 aromatic rings. The van der Waals surface area contributed by atoms with Crippen LogP contribution >= 0.6 is 23.4 Å². The molecule has 0 heterocycles. The van der Waals surface area contributed by atoms with E-state index >= 15 is 0 Å². The molecule has 0 saturated carbocycles. The predicted molar refractivity (Wildman–Crippen MR) is 125 cm³/mol. The molecule has 0 aliphatic carbocycles. The van der Waals surface area contributed by atoms with Crippen LogP contribution in [0.15, 0.2) is 77.9 Å². The first-order valence-corrected chi connectivity index (χ1v) is 11.0. The molecule has 1 amide bonds. The van der Waals surface area contributed by atoms with E-state index in [0.717, 1.165) is 22.6 Å². The van der Waals surface area contributed by atoms with Crippen LogP contribution in [0.3, 0.4) is 0 Å². The molecule has 0 fully saturated rings. The molecule has 6 heteroatoms. The highest BCUT2D eigenvalue weighted by Gasteiger charge is 2.01. The quantitative estimate of drug-likeness (QED) is 0.349. The Balaban J connectivity index is 1.38. The number of aryl methyl sites for hydroxylation is 1. The fraction of sp³-hybridized carbons (Fsp3) is 0.167. The second-order valence-corrected chi connectivity index (χ2v) is 8.18. The monoisotopic (exact) mass is 438 g/mol. The number of hydrazone groups is 1. The van der Waals surface area contributed by atoms with Crippen LogP contribution in [-0.2, 0) is 17.2 Å². The maximum Gasteiger partial charge on any atom is 0.250 e. The number of ether oxygens (including phenoxy) is 1. The number of nitrogens with zero attached hydrogens (tertiary/aromatic N) is 1. The van der Waals surface area contributed by atoms with Gasteiger partial charge in [0, 0.05) is 10.8 Å². The second kappa shape index (κ2) is 11.4. The summed E-state index contributed by atoms with van der Waals surface area (Å²) in [5, 5.41) is 4.71. The summed E-state index contributed by atoms with van der Waals surface area (Å²) < 4.78 is 5.76. The SMILES string of the molecule is Cc1ccc(CSCC(=O)N/N=C\c2ccc(OCc3cccc(Cl)c3)cc2)cc1. The summed E-state index contributed by atoms with van der Waals surface area (Å²) in [7, 11) is 0. The van der Waals surface area contributed by atoms with E-state index in [2.05, 4.69) is 41.7 Å². The van der Waals surface area contributed by atoms with E-state index in [1.807, 2.05) is 48.5 Å². The van der Waals surface area contributed by atoms with Gasteiger partial charge in [-0.2, -0.15) is 5.10 Å². The lowest BCUT2D eigenvalue weighted by molar-refractivity contribution is -0.118. The summed E-state index contributed by atoms with van der Waals surface area (Å²) in [6, 6.07) is 23.4. The fourth-order valence-electron chi connectivity index (χ4n) is 2.60. The smallest absolute Gasteiger partial charge is 0.250 e. The molecule has 0 radical (unpaired) electrons. The van der Waals surface area contributed by atoms with E-state index in [1.54, 1.807) is 18.0 Å². The van der Waals surface area contributed by atoms with E-state index in [-0.39, 0.29) is 5.91 Å². The van der Waals surface area contributed by atoms with E-state index in [0.29, 0.717) is 17.4 Å². The molecular weight excluding hydrogens is 416 g/mol. The highest BCUT2D eigenvalue weighted by Crippen LogP contribution is 2.16. The number of carbonyl (C=O) groups excluding carboxylic acids is 1. The Morgan fingerprint density at radius 3 is 2.57 bits per heavy atom. The Hall–Kier alpha value is -2.76. The van der Waals surface area contributed by atoms with Crippen molar-refractivity contribution in [2.45, 2.75) is 19.3 Å². The Bertz CT molecular complexity index is 989. The van der Waals surface area contributed by atoms with Crippen molar-refractivity contribution < 1.29 is 9.53 Å². The molecule has 0 saturated heterocycles. The largest absolute Gasteiger partial charge is 0.489 e. The number of halogens is 1. The van der Waals surface area contributed by atoms with Gasteiger partial charge in [-0.15, -0.1) is 11.8 Å². The lowest BCUT2D eigenvalue weighted by atomic mass is 10.2. The summed E-state index contributed by atoms with van der Waals surface area (Å²) >= 11 is 7.54. The molecule has 0 aromatic heterocycles. The van der Waals surface area contributed by atoms with Crippen molar-refractivity contribution in [3.63, 3.8) is 0 Å². The molecule has 1 N–H and O–H groups in total. The Morgan fingerprint density at radius 1 is 1.07 bits per heavy atom. The fourth-order valence-corrected chi connectivity index (χ4v) is 3.59. The van der Waals surface area contributed by atoms with Gasteiger partial charge in [-0.05, 0) is 60.0 Å². The van der Waals surface area contributed by atoms with Gasteiger partial charge in [0.15, 0.2) is 0 Å². The zero-order valence-corrected chi connectivity index (χ0v) is 18.2. The topological polar surface area (TPSA) is 50.7 Å². The minimum absolute atomic E-state index is 0.121. The van der Waals surface area contributed by atoms with E-state index in [1.165, 1.54) is 11.1 Å². The molecule has 4 nitrogen and oxygen atoms in total. The van der Waals surface area contributed by atoms with Crippen molar-refractivity contribution in [3.05, 3.63) is 100 Å². The molecular formula is C24H23ClN2O2S. The van der Waals surface area contributed by atoms with Crippen molar-refractivity contribution in [1.82, 2.24) is 5.43 Å². The van der Waals surface area contributed by atoms with Gasteiger partial charge in [-0.1, -0.05) is 53.6 Å². The van der Waals surface area contributed by atoms with Crippen molar-refractivity contribution in [1.29, 1.82) is 0 Å². The van der Waals surface area contributed by atoms with Crippen molar-refractivity contribution in [3.8, 4) is 5.75 Å². The number of rotatable bonds is 9. The van der Waals surface area contributed by atoms with Crippen LogP contribution in [-0.4, -0.2) is 17.9 Å². The molecule has 0 aliphatic rings. The number of benzene rings is 3. The second-order valence-electron chi connectivity index (χ2n) is 6.76. The van der Waals surface area contributed by atoms with E-state index < -0.39 is 0 Å². The average molecular weight is 439 g/mol. The maximum atomic E-state index is 11.9. The van der Waals surface area contributed by atoms with Crippen LogP contribution in [0.1, 0.15) is 22.3 Å². The molecule has 0 spiro atoms. The highest BCUT2D eigenvalue weighted by molar-refractivity contribution is 7.99. The normalized spacial score (nSPS) is 10.9. The van der Waals surface area contributed by atoms with E-state index in [9.17, 15) is 4.79 Å². The molecule has 0 bridgehead atoms. The third-order valence-corrected chi connectivity index (χ3v) is 5.44. The van der Waals surface area contributed by atoms with Crippen LogP contribution in [0.4, 0.5) is 0 Å². The van der Waals surface area contributed by atoms with Crippen LogP contribution in [0.25, 0.3) is 0 Å². The Labute approximate surface area is 186 Å². The Morgan fingerprint density at radius 2 is 1.83 bits per heavy atom. The first-order valence-electron chi connectivity index (χ1n) is 9.51. The highest BCUT2D eigenvalue weighted by atomic mass is 35.5. The third-order valence-electron chi connectivity index (χ3n) is 4.20. The lowest BCUT2D eigenvalue weighted by Crippen LogP contribution is -2.19. The van der Waals surface area contributed by atoms with Gasteiger partial charge in [0.25, 0.3) is 0 Å². The number of amides is 1. The average Bonchev–Trinajstić information content (AvgIpc) is 2.75.